The standard InChI is InChI=1S/C15H16N2O2S/c1-11(12-7-3-5-9-14(12)17(18)19)16-13-8-4-6-10-15(13)20-2/h3-11,16H,1-2H3. The molecule has 4 nitrogen and oxygen atoms in total. The maximum Gasteiger partial charge on any atom is 0.274 e. The van der Waals surface area contributed by atoms with Gasteiger partial charge in [-0.15, -0.1) is 11.8 Å². The molecule has 0 heterocycles. The molecule has 0 aliphatic carbocycles. The molecule has 0 fully saturated rings. The van der Waals surface area contributed by atoms with Gasteiger partial charge in [0.15, 0.2) is 0 Å². The molecule has 0 bridgehead atoms. The average Bonchev–Trinajstić information content (AvgIpc) is 2.47. The Morgan fingerprint density at radius 2 is 1.80 bits per heavy atom. The summed E-state index contributed by atoms with van der Waals surface area (Å²) >= 11 is 1.65. The van der Waals surface area contributed by atoms with Gasteiger partial charge in [0.1, 0.15) is 0 Å². The second-order valence-electron chi connectivity index (χ2n) is 4.38. The van der Waals surface area contributed by atoms with Gasteiger partial charge < -0.3 is 5.32 Å². The van der Waals surface area contributed by atoms with Crippen molar-refractivity contribution in [2.45, 2.75) is 17.9 Å². The van der Waals surface area contributed by atoms with Crippen LogP contribution in [0.25, 0.3) is 0 Å². The van der Waals surface area contributed by atoms with E-state index < -0.39 is 0 Å². The summed E-state index contributed by atoms with van der Waals surface area (Å²) in [6.07, 6.45) is 2.01. The van der Waals surface area contributed by atoms with Crippen molar-refractivity contribution >= 4 is 23.1 Å². The van der Waals surface area contributed by atoms with Crippen molar-refractivity contribution in [1.29, 1.82) is 0 Å². The first-order valence-corrected chi connectivity index (χ1v) is 7.49. The molecule has 0 aromatic heterocycles. The van der Waals surface area contributed by atoms with E-state index in [0.717, 1.165) is 10.6 Å². The van der Waals surface area contributed by atoms with Crippen LogP contribution in [0.1, 0.15) is 18.5 Å². The van der Waals surface area contributed by atoms with Gasteiger partial charge in [-0.05, 0) is 25.3 Å². The minimum absolute atomic E-state index is 0.134. The van der Waals surface area contributed by atoms with Crippen molar-refractivity contribution in [2.75, 3.05) is 11.6 Å². The topological polar surface area (TPSA) is 55.2 Å². The second kappa shape index (κ2) is 6.43. The number of thioether (sulfide) groups is 1. The number of para-hydroxylation sites is 2. The van der Waals surface area contributed by atoms with Crippen LogP contribution in [-0.4, -0.2) is 11.2 Å². The average molecular weight is 288 g/mol. The third-order valence-electron chi connectivity index (χ3n) is 3.08. The Kier molecular flexibility index (Phi) is 4.63. The monoisotopic (exact) mass is 288 g/mol. The van der Waals surface area contributed by atoms with Crippen molar-refractivity contribution < 1.29 is 4.92 Å². The van der Waals surface area contributed by atoms with E-state index in [9.17, 15) is 10.1 Å². The highest BCUT2D eigenvalue weighted by molar-refractivity contribution is 7.98. The number of nitrogens with zero attached hydrogens (tertiary/aromatic N) is 1. The first-order chi connectivity index (χ1) is 9.63. The molecule has 0 saturated heterocycles. The number of nitro benzene ring substituents is 1. The lowest BCUT2D eigenvalue weighted by molar-refractivity contribution is -0.385. The fourth-order valence-corrected chi connectivity index (χ4v) is 2.66. The van der Waals surface area contributed by atoms with Crippen LogP contribution in [0.5, 0.6) is 0 Å². The van der Waals surface area contributed by atoms with Gasteiger partial charge in [0, 0.05) is 16.6 Å². The Morgan fingerprint density at radius 1 is 1.15 bits per heavy atom. The molecule has 1 N–H and O–H groups in total. The molecule has 1 atom stereocenters. The lowest BCUT2D eigenvalue weighted by atomic mass is 10.1. The van der Waals surface area contributed by atoms with Crippen LogP contribution in [0.3, 0.4) is 0 Å². The largest absolute Gasteiger partial charge is 0.377 e. The molecular weight excluding hydrogens is 272 g/mol. The van der Waals surface area contributed by atoms with Gasteiger partial charge in [-0.1, -0.05) is 30.3 Å². The summed E-state index contributed by atoms with van der Waals surface area (Å²) in [6.45, 7) is 1.93. The molecule has 0 radical (unpaired) electrons. The fraction of sp³-hybridized carbons (Fsp3) is 0.200. The maximum atomic E-state index is 11.1. The van der Waals surface area contributed by atoms with E-state index in [1.165, 1.54) is 6.07 Å². The Balaban J connectivity index is 2.29. The summed E-state index contributed by atoms with van der Waals surface area (Å²) in [4.78, 5) is 11.9. The van der Waals surface area contributed by atoms with Crippen molar-refractivity contribution in [3.05, 3.63) is 64.2 Å². The van der Waals surface area contributed by atoms with E-state index in [2.05, 4.69) is 5.32 Å². The number of benzene rings is 2. The second-order valence-corrected chi connectivity index (χ2v) is 5.23. The molecule has 0 spiro atoms. The molecule has 20 heavy (non-hydrogen) atoms. The Hall–Kier alpha value is -2.01. The van der Waals surface area contributed by atoms with Crippen molar-refractivity contribution in [1.82, 2.24) is 0 Å². The van der Waals surface area contributed by atoms with Gasteiger partial charge in [-0.2, -0.15) is 0 Å². The summed E-state index contributed by atoms with van der Waals surface area (Å²) in [5, 5.41) is 14.4. The molecule has 1 unspecified atom stereocenters. The van der Waals surface area contributed by atoms with E-state index in [0.29, 0.717) is 5.56 Å². The lowest BCUT2D eigenvalue weighted by Gasteiger charge is -2.17. The number of anilines is 1. The summed E-state index contributed by atoms with van der Waals surface area (Å²) in [7, 11) is 0. The molecular formula is C15H16N2O2S. The highest BCUT2D eigenvalue weighted by Gasteiger charge is 2.18. The SMILES string of the molecule is CSc1ccccc1NC(C)c1ccccc1[N+](=O)[O-]. The molecule has 0 saturated carbocycles. The molecule has 0 aliphatic rings. The van der Waals surface area contributed by atoms with Gasteiger partial charge in [-0.25, -0.2) is 0 Å². The van der Waals surface area contributed by atoms with Gasteiger partial charge >= 0.3 is 0 Å². The predicted molar refractivity (Wildman–Crippen MR) is 83.4 cm³/mol. The van der Waals surface area contributed by atoms with Crippen molar-refractivity contribution in [3.8, 4) is 0 Å². The summed E-state index contributed by atoms with van der Waals surface area (Å²) in [5.74, 6) is 0. The summed E-state index contributed by atoms with van der Waals surface area (Å²) in [5.41, 5.74) is 1.83. The molecule has 5 heteroatoms. The number of nitrogens with one attached hydrogen (secondary N) is 1. The predicted octanol–water partition coefficient (Wildman–Crippen LogP) is 4.49. The van der Waals surface area contributed by atoms with E-state index in [1.54, 1.807) is 23.9 Å². The van der Waals surface area contributed by atoms with E-state index in [-0.39, 0.29) is 16.7 Å². The Morgan fingerprint density at radius 3 is 2.50 bits per heavy atom. The van der Waals surface area contributed by atoms with Gasteiger partial charge in [-0.3, -0.25) is 10.1 Å². The van der Waals surface area contributed by atoms with Crippen LogP contribution in [-0.2, 0) is 0 Å². The Labute approximate surface area is 122 Å². The van der Waals surface area contributed by atoms with Gasteiger partial charge in [0.05, 0.1) is 16.5 Å². The minimum atomic E-state index is -0.339. The summed E-state index contributed by atoms with van der Waals surface area (Å²) in [6, 6.07) is 14.6. The third kappa shape index (κ3) is 3.11. The van der Waals surface area contributed by atoms with Crippen molar-refractivity contribution in [3.63, 3.8) is 0 Å². The normalized spacial score (nSPS) is 11.9. The highest BCUT2D eigenvalue weighted by atomic mass is 32.2. The van der Waals surface area contributed by atoms with E-state index in [4.69, 9.17) is 0 Å². The van der Waals surface area contributed by atoms with Crippen LogP contribution in [0.4, 0.5) is 11.4 Å². The molecule has 104 valence electrons. The molecule has 2 aromatic carbocycles. The van der Waals surface area contributed by atoms with Crippen molar-refractivity contribution in [2.24, 2.45) is 0 Å². The van der Waals surface area contributed by atoms with Crippen LogP contribution >= 0.6 is 11.8 Å². The molecule has 0 amide bonds. The molecule has 2 aromatic rings. The Bertz CT molecular complexity index is 616. The van der Waals surface area contributed by atoms with Crippen LogP contribution < -0.4 is 5.32 Å². The third-order valence-corrected chi connectivity index (χ3v) is 3.87. The molecule has 0 aliphatic heterocycles. The first-order valence-electron chi connectivity index (χ1n) is 6.26. The summed E-state index contributed by atoms with van der Waals surface area (Å²) < 4.78 is 0. The number of rotatable bonds is 5. The smallest absolute Gasteiger partial charge is 0.274 e. The van der Waals surface area contributed by atoms with Crippen LogP contribution in [0.15, 0.2) is 53.4 Å². The van der Waals surface area contributed by atoms with E-state index >= 15 is 0 Å². The highest BCUT2D eigenvalue weighted by Crippen LogP contribution is 2.31. The van der Waals surface area contributed by atoms with Crippen LogP contribution in [0, 0.1) is 10.1 Å². The minimum Gasteiger partial charge on any atom is -0.377 e. The zero-order valence-electron chi connectivity index (χ0n) is 11.4. The van der Waals surface area contributed by atoms with Gasteiger partial charge in [0.2, 0.25) is 0 Å². The van der Waals surface area contributed by atoms with Gasteiger partial charge in [0.25, 0.3) is 5.69 Å². The molecule has 2 rings (SSSR count). The quantitative estimate of drug-likeness (QED) is 0.500. The zero-order chi connectivity index (χ0) is 14.5. The van der Waals surface area contributed by atoms with Crippen LogP contribution in [0.2, 0.25) is 0 Å². The maximum absolute atomic E-state index is 11.1. The number of hydrogen-bond acceptors (Lipinski definition) is 4. The van der Waals surface area contributed by atoms with E-state index in [1.807, 2.05) is 43.5 Å². The lowest BCUT2D eigenvalue weighted by Crippen LogP contribution is -2.09. The fourth-order valence-electron chi connectivity index (χ4n) is 2.09. The number of nitro groups is 1. The first kappa shape index (κ1) is 14.4. The zero-order valence-corrected chi connectivity index (χ0v) is 12.2. The number of hydrogen-bond donors (Lipinski definition) is 1.